The third-order valence-electron chi connectivity index (χ3n) is 5.66. The molecule has 1 aliphatic heterocycles. The molecule has 1 atom stereocenters. The van der Waals surface area contributed by atoms with Crippen LogP contribution >= 0.6 is 7.26 Å². The van der Waals surface area contributed by atoms with E-state index in [0.29, 0.717) is 6.61 Å². The van der Waals surface area contributed by atoms with Crippen LogP contribution in [0.4, 0.5) is 0 Å². The Morgan fingerprint density at radius 1 is 0.833 bits per heavy atom. The van der Waals surface area contributed by atoms with Gasteiger partial charge >= 0.3 is 0 Å². The second-order valence-corrected chi connectivity index (χ2v) is 12.0. The molecule has 3 heteroatoms. The normalized spacial score (nSPS) is 19.0. The van der Waals surface area contributed by atoms with E-state index in [1.165, 1.54) is 15.9 Å². The summed E-state index contributed by atoms with van der Waals surface area (Å²) < 4.78 is 12.0. The number of rotatable bonds is 6. The highest BCUT2D eigenvalue weighted by Crippen LogP contribution is 2.55. The number of ether oxygens (including phenoxy) is 2. The Labute approximate surface area is 180 Å². The van der Waals surface area contributed by atoms with Crippen molar-refractivity contribution in [3.05, 3.63) is 103 Å². The second-order valence-electron chi connectivity index (χ2n) is 8.47. The van der Waals surface area contributed by atoms with Crippen LogP contribution in [0.2, 0.25) is 0 Å². The molecule has 1 unspecified atom stereocenters. The fourth-order valence-corrected chi connectivity index (χ4v) is 8.18. The van der Waals surface area contributed by atoms with E-state index in [4.69, 9.17) is 9.47 Å². The van der Waals surface area contributed by atoms with Gasteiger partial charge in [-0.3, -0.25) is 0 Å². The largest absolute Gasteiger partial charge is 0.346 e. The fourth-order valence-electron chi connectivity index (χ4n) is 4.05. The van der Waals surface area contributed by atoms with Crippen molar-refractivity contribution in [2.75, 3.05) is 12.8 Å². The van der Waals surface area contributed by atoms with Crippen LogP contribution in [0.3, 0.4) is 0 Å². The Hall–Kier alpha value is -2.25. The minimum atomic E-state index is -1.87. The first-order valence-corrected chi connectivity index (χ1v) is 12.5. The van der Waals surface area contributed by atoms with Gasteiger partial charge < -0.3 is 9.47 Å². The van der Waals surface area contributed by atoms with E-state index >= 15 is 0 Å². The van der Waals surface area contributed by atoms with Crippen LogP contribution in [-0.2, 0) is 9.47 Å². The zero-order valence-corrected chi connectivity index (χ0v) is 18.9. The minimum absolute atomic E-state index is 0.232. The van der Waals surface area contributed by atoms with Gasteiger partial charge in [0, 0.05) is 0 Å². The van der Waals surface area contributed by atoms with Crippen molar-refractivity contribution >= 4 is 23.2 Å². The summed E-state index contributed by atoms with van der Waals surface area (Å²) >= 11 is 0. The zero-order chi connectivity index (χ0) is 21.0. The van der Waals surface area contributed by atoms with Crippen molar-refractivity contribution in [1.29, 1.82) is 0 Å². The van der Waals surface area contributed by atoms with Gasteiger partial charge in [-0.15, -0.1) is 0 Å². The molecule has 1 heterocycles. The number of benzene rings is 3. The monoisotopic (exact) mass is 417 g/mol. The minimum Gasteiger partial charge on any atom is -0.346 e. The Morgan fingerprint density at radius 3 is 1.63 bits per heavy atom. The maximum Gasteiger partial charge on any atom is 0.180 e. The maximum atomic E-state index is 6.11. The smallest absolute Gasteiger partial charge is 0.180 e. The van der Waals surface area contributed by atoms with Gasteiger partial charge in [-0.2, -0.15) is 0 Å². The Morgan fingerprint density at radius 2 is 1.27 bits per heavy atom. The molecule has 3 aromatic rings. The lowest BCUT2D eigenvalue weighted by Gasteiger charge is -2.27. The van der Waals surface area contributed by atoms with Crippen LogP contribution in [-0.4, -0.2) is 24.7 Å². The van der Waals surface area contributed by atoms with Crippen molar-refractivity contribution in [1.82, 2.24) is 0 Å². The molecule has 0 N–H and O–H groups in total. The first-order valence-electron chi connectivity index (χ1n) is 10.5. The zero-order valence-electron chi connectivity index (χ0n) is 18.0. The lowest BCUT2D eigenvalue weighted by atomic mass is 10.2. The van der Waals surface area contributed by atoms with Crippen LogP contribution in [0.25, 0.3) is 0 Å². The Bertz CT molecular complexity index is 884. The first kappa shape index (κ1) is 21.0. The summed E-state index contributed by atoms with van der Waals surface area (Å²) in [6, 6.07) is 32.9. The van der Waals surface area contributed by atoms with Crippen molar-refractivity contribution in [3.63, 3.8) is 0 Å². The summed E-state index contributed by atoms with van der Waals surface area (Å²) in [5.41, 5.74) is 0.914. The molecule has 0 aromatic heterocycles. The fraction of sp³-hybridized carbons (Fsp3) is 0.259. The molecule has 0 amide bonds. The van der Waals surface area contributed by atoms with Gasteiger partial charge in [-0.1, -0.05) is 54.6 Å². The molecular weight excluding hydrogens is 387 g/mol. The van der Waals surface area contributed by atoms with Crippen LogP contribution in [0.1, 0.15) is 20.8 Å². The summed E-state index contributed by atoms with van der Waals surface area (Å²) in [6.45, 7) is 6.91. The maximum absolute atomic E-state index is 6.11. The van der Waals surface area contributed by atoms with E-state index in [-0.39, 0.29) is 11.9 Å². The summed E-state index contributed by atoms with van der Waals surface area (Å²) in [4.78, 5) is 0. The highest BCUT2D eigenvalue weighted by Gasteiger charge is 2.44. The van der Waals surface area contributed by atoms with Crippen molar-refractivity contribution in [2.45, 2.75) is 32.7 Å². The SMILES string of the molecule is CC(=CC[P+](c1ccccc1)(c1ccccc1)c1ccccc1)C1OCC(C)(C)O1. The second kappa shape index (κ2) is 8.86. The van der Waals surface area contributed by atoms with Gasteiger partial charge in [0.15, 0.2) is 6.29 Å². The number of hydrogen-bond acceptors (Lipinski definition) is 2. The molecule has 1 fully saturated rings. The van der Waals surface area contributed by atoms with Crippen LogP contribution < -0.4 is 15.9 Å². The predicted octanol–water partition coefficient (Wildman–Crippen LogP) is 5.08. The molecule has 0 bridgehead atoms. The average Bonchev–Trinajstić information content (AvgIpc) is 3.16. The Balaban J connectivity index is 1.82. The quantitative estimate of drug-likeness (QED) is 0.411. The van der Waals surface area contributed by atoms with Gasteiger partial charge in [0.2, 0.25) is 0 Å². The molecule has 0 saturated carbocycles. The van der Waals surface area contributed by atoms with E-state index in [2.05, 4.69) is 118 Å². The van der Waals surface area contributed by atoms with Crippen molar-refractivity contribution in [3.8, 4) is 0 Å². The predicted molar refractivity (Wildman–Crippen MR) is 129 cm³/mol. The number of hydrogen-bond donors (Lipinski definition) is 0. The molecule has 4 rings (SSSR count). The lowest BCUT2D eigenvalue weighted by molar-refractivity contribution is -0.0522. The molecule has 0 aliphatic carbocycles. The van der Waals surface area contributed by atoms with Gasteiger partial charge in [-0.05, 0) is 68.8 Å². The molecular formula is C27H30O2P+. The van der Waals surface area contributed by atoms with E-state index in [1.807, 2.05) is 0 Å². The highest BCUT2D eigenvalue weighted by atomic mass is 31.2. The number of allylic oxidation sites excluding steroid dienone is 1. The molecule has 0 radical (unpaired) electrons. The standard InChI is InChI=1S/C27H30O2P/c1-22(26-28-21-27(2,3)29-26)19-20-30(23-13-7-4-8-14-23,24-15-9-5-10-16-24)25-17-11-6-12-18-25/h4-19,26H,20-21H2,1-3H3/q+1. The average molecular weight is 418 g/mol. The highest BCUT2D eigenvalue weighted by molar-refractivity contribution is 7.95. The third kappa shape index (κ3) is 4.27. The summed E-state index contributed by atoms with van der Waals surface area (Å²) in [5.74, 6) is 0. The van der Waals surface area contributed by atoms with Gasteiger partial charge in [0.05, 0.1) is 18.4 Å². The first-order chi connectivity index (χ1) is 14.5. The van der Waals surface area contributed by atoms with Crippen LogP contribution in [0.15, 0.2) is 103 Å². The molecule has 3 aromatic carbocycles. The summed E-state index contributed by atoms with van der Waals surface area (Å²) in [5, 5.41) is 4.17. The lowest BCUT2D eigenvalue weighted by Crippen LogP contribution is -2.33. The summed E-state index contributed by atoms with van der Waals surface area (Å²) in [6.07, 6.45) is 3.01. The van der Waals surface area contributed by atoms with Gasteiger partial charge in [0.25, 0.3) is 0 Å². The third-order valence-corrected chi connectivity index (χ3v) is 9.93. The van der Waals surface area contributed by atoms with Crippen molar-refractivity contribution < 1.29 is 9.47 Å². The molecule has 154 valence electrons. The molecule has 0 spiro atoms. The van der Waals surface area contributed by atoms with E-state index in [1.54, 1.807) is 0 Å². The summed E-state index contributed by atoms with van der Waals surface area (Å²) in [7, 11) is -1.87. The van der Waals surface area contributed by atoms with E-state index in [9.17, 15) is 0 Å². The molecule has 1 aliphatic rings. The molecule has 2 nitrogen and oxygen atoms in total. The van der Waals surface area contributed by atoms with E-state index < -0.39 is 7.26 Å². The topological polar surface area (TPSA) is 18.5 Å². The van der Waals surface area contributed by atoms with Crippen LogP contribution in [0.5, 0.6) is 0 Å². The van der Waals surface area contributed by atoms with Gasteiger partial charge in [0.1, 0.15) is 23.2 Å². The van der Waals surface area contributed by atoms with Crippen LogP contribution in [0, 0.1) is 0 Å². The Kier molecular flexibility index (Phi) is 6.20. The van der Waals surface area contributed by atoms with Crippen molar-refractivity contribution in [2.24, 2.45) is 0 Å². The van der Waals surface area contributed by atoms with E-state index in [0.717, 1.165) is 11.7 Å². The van der Waals surface area contributed by atoms with Gasteiger partial charge in [-0.25, -0.2) is 0 Å². The molecule has 1 saturated heterocycles. The molecule has 30 heavy (non-hydrogen) atoms.